The van der Waals surface area contributed by atoms with Crippen molar-refractivity contribution in [1.82, 2.24) is 4.57 Å². The average Bonchev–Trinajstić information content (AvgIpc) is 3.04. The van der Waals surface area contributed by atoms with E-state index in [1.807, 2.05) is 0 Å². The molecule has 3 aliphatic rings. The molecule has 0 aromatic rings. The number of hydrogen-bond donors (Lipinski definition) is 0. The highest BCUT2D eigenvalue weighted by Gasteiger charge is 2.44. The highest BCUT2D eigenvalue weighted by Crippen LogP contribution is 2.41. The van der Waals surface area contributed by atoms with Crippen LogP contribution in [-0.2, 0) is 0 Å². The molecule has 2 saturated carbocycles. The third kappa shape index (κ3) is 2.56. The summed E-state index contributed by atoms with van der Waals surface area (Å²) >= 11 is 0. The van der Waals surface area contributed by atoms with Crippen molar-refractivity contribution in [3.8, 4) is 0 Å². The molecular weight excluding hydrogens is 234 g/mol. The predicted molar refractivity (Wildman–Crippen MR) is 81.4 cm³/mol. The Kier molecular flexibility index (Phi) is 4.14. The summed E-state index contributed by atoms with van der Waals surface area (Å²) in [5, 5.41) is 0. The molecule has 0 N–H and O–H groups in total. The summed E-state index contributed by atoms with van der Waals surface area (Å²) in [6.45, 7) is 2.73. The summed E-state index contributed by atoms with van der Waals surface area (Å²) in [4.78, 5) is 0. The van der Waals surface area contributed by atoms with Gasteiger partial charge in [0.1, 0.15) is 8.24 Å². The van der Waals surface area contributed by atoms with Crippen molar-refractivity contribution in [3.05, 3.63) is 0 Å². The van der Waals surface area contributed by atoms with Crippen LogP contribution >= 0.6 is 0 Å². The zero-order chi connectivity index (χ0) is 12.4. The second-order valence-electron chi connectivity index (χ2n) is 7.34. The molecule has 0 amide bonds. The molecule has 0 aromatic carbocycles. The fourth-order valence-corrected chi connectivity index (χ4v) is 10.2. The van der Waals surface area contributed by atoms with E-state index in [4.69, 9.17) is 0 Å². The van der Waals surface area contributed by atoms with E-state index in [0.29, 0.717) is 0 Å². The minimum Gasteiger partial charge on any atom is -0.318 e. The SMILES string of the molecule is C[Si]1(N(C2CCCCC2)C2CCCC2)CCCC1. The molecule has 1 aliphatic heterocycles. The lowest BCUT2D eigenvalue weighted by Crippen LogP contribution is -2.58. The molecule has 2 aliphatic carbocycles. The van der Waals surface area contributed by atoms with Crippen LogP contribution in [0.5, 0.6) is 0 Å². The topological polar surface area (TPSA) is 3.24 Å². The summed E-state index contributed by atoms with van der Waals surface area (Å²) < 4.78 is 3.20. The lowest BCUT2D eigenvalue weighted by atomic mass is 9.94. The zero-order valence-electron chi connectivity index (χ0n) is 12.3. The summed E-state index contributed by atoms with van der Waals surface area (Å²) in [5.41, 5.74) is 0. The maximum absolute atomic E-state index is 3.20. The van der Waals surface area contributed by atoms with Gasteiger partial charge in [0, 0.05) is 12.1 Å². The van der Waals surface area contributed by atoms with Crippen LogP contribution in [-0.4, -0.2) is 24.9 Å². The molecule has 3 rings (SSSR count). The minimum atomic E-state index is -1.03. The van der Waals surface area contributed by atoms with Gasteiger partial charge in [-0.25, -0.2) is 0 Å². The van der Waals surface area contributed by atoms with Gasteiger partial charge in [-0.2, -0.15) is 0 Å². The van der Waals surface area contributed by atoms with E-state index in [1.54, 1.807) is 24.9 Å². The van der Waals surface area contributed by atoms with Gasteiger partial charge < -0.3 is 4.57 Å². The molecule has 1 saturated heterocycles. The van der Waals surface area contributed by atoms with Crippen molar-refractivity contribution in [3.63, 3.8) is 0 Å². The van der Waals surface area contributed by atoms with Crippen LogP contribution in [0.4, 0.5) is 0 Å². The monoisotopic (exact) mass is 265 g/mol. The van der Waals surface area contributed by atoms with E-state index in [1.165, 1.54) is 57.8 Å². The third-order valence-electron chi connectivity index (χ3n) is 5.99. The molecule has 104 valence electrons. The Morgan fingerprint density at radius 1 is 0.667 bits per heavy atom. The Hall–Kier alpha value is 0.177. The van der Waals surface area contributed by atoms with E-state index in [-0.39, 0.29) is 0 Å². The van der Waals surface area contributed by atoms with Crippen molar-refractivity contribution in [1.29, 1.82) is 0 Å². The molecule has 1 heterocycles. The van der Waals surface area contributed by atoms with Crippen LogP contribution in [0.3, 0.4) is 0 Å². The molecule has 18 heavy (non-hydrogen) atoms. The van der Waals surface area contributed by atoms with Crippen molar-refractivity contribution in [2.75, 3.05) is 0 Å². The molecule has 0 atom stereocenters. The molecule has 0 aromatic heterocycles. The van der Waals surface area contributed by atoms with Crippen molar-refractivity contribution in [2.24, 2.45) is 0 Å². The zero-order valence-corrected chi connectivity index (χ0v) is 13.3. The molecule has 0 spiro atoms. The number of hydrogen-bond acceptors (Lipinski definition) is 1. The van der Waals surface area contributed by atoms with Crippen LogP contribution in [0.2, 0.25) is 18.6 Å². The quantitative estimate of drug-likeness (QED) is 0.654. The van der Waals surface area contributed by atoms with Gasteiger partial charge in [-0.05, 0) is 37.8 Å². The van der Waals surface area contributed by atoms with E-state index < -0.39 is 8.24 Å². The Morgan fingerprint density at radius 2 is 1.11 bits per heavy atom. The summed E-state index contributed by atoms with van der Waals surface area (Å²) in [7, 11) is -1.03. The first kappa shape index (κ1) is 13.2. The van der Waals surface area contributed by atoms with Gasteiger partial charge >= 0.3 is 0 Å². The lowest BCUT2D eigenvalue weighted by molar-refractivity contribution is 0.192. The maximum Gasteiger partial charge on any atom is 0.125 e. The largest absolute Gasteiger partial charge is 0.318 e. The van der Waals surface area contributed by atoms with E-state index in [9.17, 15) is 0 Å². The minimum absolute atomic E-state index is 0.997. The molecule has 0 unspecified atom stereocenters. The highest BCUT2D eigenvalue weighted by molar-refractivity contribution is 6.76. The number of rotatable bonds is 3. The molecule has 3 fully saturated rings. The van der Waals surface area contributed by atoms with Crippen molar-refractivity contribution in [2.45, 2.75) is 101 Å². The second kappa shape index (κ2) is 5.66. The lowest BCUT2D eigenvalue weighted by Gasteiger charge is -2.48. The average molecular weight is 266 g/mol. The standard InChI is InChI=1S/C16H31NSi/c1-18(13-7-8-14-18)17(16-11-5-6-12-16)15-9-3-2-4-10-15/h15-16H,2-14H2,1H3. The van der Waals surface area contributed by atoms with Crippen LogP contribution < -0.4 is 0 Å². The molecule has 2 heteroatoms. The number of nitrogens with zero attached hydrogens (tertiary/aromatic N) is 1. The first-order chi connectivity index (χ1) is 8.80. The van der Waals surface area contributed by atoms with Crippen LogP contribution in [0.15, 0.2) is 0 Å². The van der Waals surface area contributed by atoms with Crippen molar-refractivity contribution >= 4 is 8.24 Å². The van der Waals surface area contributed by atoms with Gasteiger partial charge in [0.25, 0.3) is 0 Å². The first-order valence-corrected chi connectivity index (χ1v) is 11.4. The molecule has 0 radical (unpaired) electrons. The Morgan fingerprint density at radius 3 is 1.61 bits per heavy atom. The van der Waals surface area contributed by atoms with Crippen LogP contribution in [0, 0.1) is 0 Å². The van der Waals surface area contributed by atoms with Crippen molar-refractivity contribution < 1.29 is 0 Å². The van der Waals surface area contributed by atoms with Crippen LogP contribution in [0.25, 0.3) is 0 Å². The van der Waals surface area contributed by atoms with Gasteiger partial charge in [0.15, 0.2) is 0 Å². The van der Waals surface area contributed by atoms with E-state index in [0.717, 1.165) is 12.1 Å². The molecule has 0 bridgehead atoms. The summed E-state index contributed by atoms with van der Waals surface area (Å²) in [5.74, 6) is 0. The van der Waals surface area contributed by atoms with Gasteiger partial charge in [-0.15, -0.1) is 0 Å². The molecular formula is C16H31NSi. The van der Waals surface area contributed by atoms with Gasteiger partial charge in [-0.1, -0.05) is 51.5 Å². The molecule has 1 nitrogen and oxygen atoms in total. The predicted octanol–water partition coefficient (Wildman–Crippen LogP) is 4.93. The fourth-order valence-electron chi connectivity index (χ4n) is 5.12. The van der Waals surface area contributed by atoms with Gasteiger partial charge in [0.2, 0.25) is 0 Å². The smallest absolute Gasteiger partial charge is 0.125 e. The second-order valence-corrected chi connectivity index (χ2v) is 11.9. The summed E-state index contributed by atoms with van der Waals surface area (Å²) in [6.07, 6.45) is 16.7. The van der Waals surface area contributed by atoms with E-state index >= 15 is 0 Å². The van der Waals surface area contributed by atoms with Gasteiger partial charge in [0.05, 0.1) is 0 Å². The first-order valence-electron chi connectivity index (χ1n) is 8.58. The fraction of sp³-hybridized carbons (Fsp3) is 1.00. The third-order valence-corrected chi connectivity index (χ3v) is 10.8. The van der Waals surface area contributed by atoms with Gasteiger partial charge in [-0.3, -0.25) is 0 Å². The Bertz CT molecular complexity index is 260. The highest BCUT2D eigenvalue weighted by atomic mass is 28.3. The Balaban J connectivity index is 1.77. The Labute approximate surface area is 114 Å². The summed E-state index contributed by atoms with van der Waals surface area (Å²) in [6, 6.07) is 5.22. The normalized spacial score (nSPS) is 30.3. The van der Waals surface area contributed by atoms with Crippen LogP contribution in [0.1, 0.15) is 70.6 Å². The maximum atomic E-state index is 3.20. The van der Waals surface area contributed by atoms with E-state index in [2.05, 4.69) is 11.1 Å².